The highest BCUT2D eigenvalue weighted by Gasteiger charge is 2.24. The molecule has 1 aliphatic rings. The number of benzene rings is 2. The molecule has 0 aliphatic heterocycles. The molecule has 1 atom stereocenters. The maximum Gasteiger partial charge on any atom is 0.147 e. The average Bonchev–Trinajstić information content (AvgIpc) is 2.33. The molecule has 0 radical (unpaired) electrons. The zero-order valence-corrected chi connectivity index (χ0v) is 11.4. The third-order valence-corrected chi connectivity index (χ3v) is 3.92. The highest BCUT2D eigenvalue weighted by Crippen LogP contribution is 2.35. The van der Waals surface area contributed by atoms with E-state index >= 15 is 0 Å². The lowest BCUT2D eigenvalue weighted by molar-refractivity contribution is 0.614. The van der Waals surface area contributed by atoms with Crippen molar-refractivity contribution in [2.45, 2.75) is 12.3 Å². The van der Waals surface area contributed by atoms with Gasteiger partial charge in [-0.25, -0.2) is 4.39 Å². The number of nitrogens with one attached hydrogen (secondary N) is 1. The lowest BCUT2D eigenvalue weighted by Gasteiger charge is -2.30. The van der Waals surface area contributed by atoms with Crippen LogP contribution in [0, 0.1) is 5.82 Å². The first kappa shape index (κ1) is 11.7. The van der Waals surface area contributed by atoms with Crippen LogP contribution < -0.4 is 5.32 Å². The van der Waals surface area contributed by atoms with Crippen molar-refractivity contribution >= 4 is 21.6 Å². The van der Waals surface area contributed by atoms with Gasteiger partial charge in [0.2, 0.25) is 0 Å². The van der Waals surface area contributed by atoms with Gasteiger partial charge in [-0.15, -0.1) is 0 Å². The predicted molar refractivity (Wildman–Crippen MR) is 75.5 cm³/mol. The minimum absolute atomic E-state index is 0.211. The molecule has 0 aromatic heterocycles. The highest BCUT2D eigenvalue weighted by molar-refractivity contribution is 9.10. The Morgan fingerprint density at radius 2 is 2.06 bits per heavy atom. The summed E-state index contributed by atoms with van der Waals surface area (Å²) in [6.07, 6.45) is 1.08. The van der Waals surface area contributed by atoms with Crippen molar-refractivity contribution in [2.75, 3.05) is 11.9 Å². The van der Waals surface area contributed by atoms with E-state index in [1.54, 1.807) is 6.07 Å². The highest BCUT2D eigenvalue weighted by atomic mass is 79.9. The van der Waals surface area contributed by atoms with Gasteiger partial charge < -0.3 is 5.32 Å². The molecule has 18 heavy (non-hydrogen) atoms. The third-order valence-electron chi connectivity index (χ3n) is 3.43. The first-order valence-electron chi connectivity index (χ1n) is 6.01. The summed E-state index contributed by atoms with van der Waals surface area (Å²) in [5.41, 5.74) is 3.38. The van der Waals surface area contributed by atoms with Crippen LogP contribution in [0.1, 0.15) is 17.0 Å². The second-order valence-electron chi connectivity index (χ2n) is 4.60. The molecule has 1 aliphatic carbocycles. The fourth-order valence-electron chi connectivity index (χ4n) is 2.41. The van der Waals surface area contributed by atoms with E-state index < -0.39 is 0 Å². The molecule has 1 nitrogen and oxygen atoms in total. The van der Waals surface area contributed by atoms with Crippen LogP contribution in [0.4, 0.5) is 10.1 Å². The average molecular weight is 306 g/mol. The number of halogens is 2. The van der Waals surface area contributed by atoms with E-state index in [1.807, 2.05) is 6.07 Å². The molecular formula is C15H13BrFN. The van der Waals surface area contributed by atoms with Crippen molar-refractivity contribution in [3.05, 3.63) is 63.9 Å². The Morgan fingerprint density at radius 1 is 1.22 bits per heavy atom. The van der Waals surface area contributed by atoms with Gasteiger partial charge in [0.05, 0.1) is 5.69 Å². The van der Waals surface area contributed by atoms with Gasteiger partial charge in [0, 0.05) is 16.9 Å². The summed E-state index contributed by atoms with van der Waals surface area (Å²) < 4.78 is 14.4. The first-order valence-corrected chi connectivity index (χ1v) is 6.80. The van der Waals surface area contributed by atoms with Gasteiger partial charge in [-0.1, -0.05) is 40.2 Å². The van der Waals surface area contributed by atoms with Crippen LogP contribution in [0.2, 0.25) is 0 Å². The fraction of sp³-hybridized carbons (Fsp3) is 0.200. The van der Waals surface area contributed by atoms with Crippen molar-refractivity contribution in [1.82, 2.24) is 0 Å². The van der Waals surface area contributed by atoms with Crippen LogP contribution in [-0.2, 0) is 6.42 Å². The Morgan fingerprint density at radius 3 is 2.83 bits per heavy atom. The Labute approximate surface area is 114 Å². The van der Waals surface area contributed by atoms with Gasteiger partial charge >= 0.3 is 0 Å². The van der Waals surface area contributed by atoms with Crippen LogP contribution in [0.15, 0.2) is 46.9 Å². The van der Waals surface area contributed by atoms with Crippen LogP contribution >= 0.6 is 15.9 Å². The molecule has 92 valence electrons. The van der Waals surface area contributed by atoms with Gasteiger partial charge in [0.15, 0.2) is 0 Å². The van der Waals surface area contributed by atoms with Gasteiger partial charge in [-0.05, 0) is 35.7 Å². The SMILES string of the molecule is Fc1cc(Br)ccc1NCC1Cc2ccccc21. The molecule has 3 rings (SSSR count). The van der Waals surface area contributed by atoms with Crippen molar-refractivity contribution < 1.29 is 4.39 Å². The lowest BCUT2D eigenvalue weighted by Crippen LogP contribution is -2.24. The first-order chi connectivity index (χ1) is 8.74. The summed E-state index contributed by atoms with van der Waals surface area (Å²) in [7, 11) is 0. The van der Waals surface area contributed by atoms with Crippen LogP contribution in [0.3, 0.4) is 0 Å². The topological polar surface area (TPSA) is 12.0 Å². The zero-order valence-electron chi connectivity index (χ0n) is 9.79. The molecule has 0 spiro atoms. The molecule has 3 heteroatoms. The number of rotatable bonds is 3. The number of fused-ring (bicyclic) bond motifs is 1. The monoisotopic (exact) mass is 305 g/mol. The van der Waals surface area contributed by atoms with E-state index in [1.165, 1.54) is 17.2 Å². The molecule has 2 aromatic carbocycles. The van der Waals surface area contributed by atoms with Crippen LogP contribution in [0.5, 0.6) is 0 Å². The van der Waals surface area contributed by atoms with Gasteiger partial charge in [-0.2, -0.15) is 0 Å². The minimum Gasteiger partial charge on any atom is -0.382 e. The lowest BCUT2D eigenvalue weighted by atomic mass is 9.77. The van der Waals surface area contributed by atoms with Crippen molar-refractivity contribution in [1.29, 1.82) is 0 Å². The maximum absolute atomic E-state index is 13.6. The molecule has 1 N–H and O–H groups in total. The molecular weight excluding hydrogens is 293 g/mol. The van der Waals surface area contributed by atoms with Crippen molar-refractivity contribution in [3.8, 4) is 0 Å². The molecule has 0 saturated carbocycles. The van der Waals surface area contributed by atoms with E-state index in [0.29, 0.717) is 11.6 Å². The molecule has 0 heterocycles. The third kappa shape index (κ3) is 2.15. The molecule has 0 amide bonds. The van der Waals surface area contributed by atoms with Crippen molar-refractivity contribution in [3.63, 3.8) is 0 Å². The second kappa shape index (κ2) is 4.73. The molecule has 0 fully saturated rings. The largest absolute Gasteiger partial charge is 0.382 e. The van der Waals surface area contributed by atoms with E-state index in [4.69, 9.17) is 0 Å². The fourth-order valence-corrected chi connectivity index (χ4v) is 2.74. The Balaban J connectivity index is 1.66. The normalized spacial score (nSPS) is 16.9. The summed E-state index contributed by atoms with van der Waals surface area (Å²) in [4.78, 5) is 0. The molecule has 2 aromatic rings. The number of hydrogen-bond acceptors (Lipinski definition) is 1. The minimum atomic E-state index is -0.211. The smallest absolute Gasteiger partial charge is 0.147 e. The summed E-state index contributed by atoms with van der Waals surface area (Å²) in [6.45, 7) is 0.787. The summed E-state index contributed by atoms with van der Waals surface area (Å²) in [5.74, 6) is 0.293. The molecule has 0 saturated heterocycles. The summed E-state index contributed by atoms with van der Waals surface area (Å²) in [6, 6.07) is 13.5. The predicted octanol–water partition coefficient (Wildman–Crippen LogP) is 4.34. The Bertz CT molecular complexity index is 582. The van der Waals surface area contributed by atoms with Gasteiger partial charge in [0.25, 0.3) is 0 Å². The summed E-state index contributed by atoms with van der Waals surface area (Å²) in [5, 5.41) is 3.19. The second-order valence-corrected chi connectivity index (χ2v) is 5.52. The van der Waals surface area contributed by atoms with E-state index in [9.17, 15) is 4.39 Å². The van der Waals surface area contributed by atoms with Gasteiger partial charge in [0.1, 0.15) is 5.82 Å². The molecule has 0 bridgehead atoms. The summed E-state index contributed by atoms with van der Waals surface area (Å²) >= 11 is 3.25. The Hall–Kier alpha value is -1.35. The van der Waals surface area contributed by atoms with E-state index in [2.05, 4.69) is 45.5 Å². The quantitative estimate of drug-likeness (QED) is 0.889. The van der Waals surface area contributed by atoms with Crippen LogP contribution in [-0.4, -0.2) is 6.54 Å². The van der Waals surface area contributed by atoms with E-state index in [0.717, 1.165) is 17.4 Å². The standard InChI is InChI=1S/C15H13BrFN/c16-12-5-6-15(14(17)8-12)18-9-11-7-10-3-1-2-4-13(10)11/h1-6,8,11,18H,7,9H2. The zero-order chi connectivity index (χ0) is 12.5. The van der Waals surface area contributed by atoms with Crippen LogP contribution in [0.25, 0.3) is 0 Å². The number of hydrogen-bond donors (Lipinski definition) is 1. The molecule has 1 unspecified atom stereocenters. The van der Waals surface area contributed by atoms with Crippen molar-refractivity contribution in [2.24, 2.45) is 0 Å². The van der Waals surface area contributed by atoms with E-state index in [-0.39, 0.29) is 5.82 Å². The van der Waals surface area contributed by atoms with Gasteiger partial charge in [-0.3, -0.25) is 0 Å². The number of anilines is 1. The maximum atomic E-state index is 13.6. The Kier molecular flexibility index (Phi) is 3.08.